The van der Waals surface area contributed by atoms with Crippen LogP contribution in [0.2, 0.25) is 0 Å². The maximum atomic E-state index is 12.6. The molecule has 5 nitrogen and oxygen atoms in total. The molecule has 0 aliphatic heterocycles. The molecule has 0 aromatic heterocycles. The van der Waals surface area contributed by atoms with Gasteiger partial charge >= 0.3 is 0 Å². The van der Waals surface area contributed by atoms with Gasteiger partial charge in [-0.2, -0.15) is 0 Å². The molecule has 0 aromatic carbocycles. The number of hydrogen-bond donors (Lipinski definition) is 4. The van der Waals surface area contributed by atoms with Gasteiger partial charge in [-0.05, 0) is 51.4 Å². The van der Waals surface area contributed by atoms with E-state index in [-0.39, 0.29) is 6.61 Å². The van der Waals surface area contributed by atoms with Gasteiger partial charge in [0.15, 0.2) is 0 Å². The minimum Gasteiger partial charge on any atom is -0.394 e. The number of allylic oxidation sites excluding steroid dienone is 5. The van der Waals surface area contributed by atoms with Crippen LogP contribution in [0.3, 0.4) is 0 Å². The van der Waals surface area contributed by atoms with Gasteiger partial charge in [0.05, 0.1) is 18.8 Å². The maximum absolute atomic E-state index is 12.6. The van der Waals surface area contributed by atoms with Crippen LogP contribution in [0.15, 0.2) is 36.5 Å². The fourth-order valence-corrected chi connectivity index (χ4v) is 9.51. The van der Waals surface area contributed by atoms with Crippen LogP contribution in [0, 0.1) is 0 Å². The van der Waals surface area contributed by atoms with E-state index >= 15 is 0 Å². The van der Waals surface area contributed by atoms with Crippen LogP contribution >= 0.6 is 0 Å². The van der Waals surface area contributed by atoms with Crippen molar-refractivity contribution in [2.45, 2.75) is 347 Å². The zero-order chi connectivity index (χ0) is 48.6. The zero-order valence-electron chi connectivity index (χ0n) is 45.3. The van der Waals surface area contributed by atoms with E-state index in [9.17, 15) is 20.1 Å². The first-order valence-corrected chi connectivity index (χ1v) is 30.3. The first-order chi connectivity index (χ1) is 33.1. The van der Waals surface area contributed by atoms with Crippen LogP contribution < -0.4 is 5.32 Å². The molecule has 67 heavy (non-hydrogen) atoms. The molecule has 0 radical (unpaired) electrons. The third-order valence-electron chi connectivity index (χ3n) is 14.2. The molecule has 0 rings (SSSR count). The highest BCUT2D eigenvalue weighted by molar-refractivity contribution is 5.80. The molecule has 0 fully saturated rings. The maximum Gasteiger partial charge on any atom is 0.249 e. The van der Waals surface area contributed by atoms with E-state index in [4.69, 9.17) is 0 Å². The van der Waals surface area contributed by atoms with E-state index in [0.717, 1.165) is 38.5 Å². The van der Waals surface area contributed by atoms with E-state index in [1.54, 1.807) is 6.08 Å². The third kappa shape index (κ3) is 52.2. The van der Waals surface area contributed by atoms with Crippen molar-refractivity contribution in [3.8, 4) is 0 Å². The van der Waals surface area contributed by atoms with Crippen molar-refractivity contribution in [2.75, 3.05) is 6.61 Å². The lowest BCUT2D eigenvalue weighted by molar-refractivity contribution is -0.131. The van der Waals surface area contributed by atoms with Crippen LogP contribution in [0.4, 0.5) is 0 Å². The SMILES string of the molecule is CCCCCCCCCCC/C=C\C/C=C\CCCCCCCCCCCCCCCCC(O)C(=O)NC(CO)C(O)/C=C/CCCCCCCCCCCCCCCCCCCCCCC. The first-order valence-electron chi connectivity index (χ1n) is 30.3. The highest BCUT2D eigenvalue weighted by Crippen LogP contribution is 2.18. The Kier molecular flexibility index (Phi) is 55.9. The van der Waals surface area contributed by atoms with Gasteiger partial charge in [-0.3, -0.25) is 4.79 Å². The van der Waals surface area contributed by atoms with Crippen LogP contribution in [0.25, 0.3) is 0 Å². The number of hydrogen-bond acceptors (Lipinski definition) is 4. The van der Waals surface area contributed by atoms with Gasteiger partial charge in [0.1, 0.15) is 6.10 Å². The second kappa shape index (κ2) is 57.2. The summed E-state index contributed by atoms with van der Waals surface area (Å²) in [6, 6.07) is -0.799. The molecule has 0 aliphatic rings. The number of carbonyl (C=O) groups excluding carboxylic acids is 1. The fourth-order valence-electron chi connectivity index (χ4n) is 9.51. The lowest BCUT2D eigenvalue weighted by Crippen LogP contribution is -2.48. The lowest BCUT2D eigenvalue weighted by atomic mass is 10.0. The van der Waals surface area contributed by atoms with Crippen LogP contribution in [-0.2, 0) is 4.79 Å². The van der Waals surface area contributed by atoms with Gasteiger partial charge in [0, 0.05) is 0 Å². The predicted molar refractivity (Wildman–Crippen MR) is 296 cm³/mol. The van der Waals surface area contributed by atoms with Gasteiger partial charge in [-0.25, -0.2) is 0 Å². The fraction of sp³-hybridized carbons (Fsp3) is 0.887. The Morgan fingerprint density at radius 3 is 0.940 bits per heavy atom. The molecule has 0 aliphatic carbocycles. The highest BCUT2D eigenvalue weighted by Gasteiger charge is 2.22. The summed E-state index contributed by atoms with van der Waals surface area (Å²) in [5.41, 5.74) is 0. The van der Waals surface area contributed by atoms with Crippen LogP contribution in [0.1, 0.15) is 328 Å². The number of amides is 1. The second-order valence-electron chi connectivity index (χ2n) is 20.9. The lowest BCUT2D eigenvalue weighted by Gasteiger charge is -2.21. The first kappa shape index (κ1) is 65.6. The van der Waals surface area contributed by atoms with Crippen molar-refractivity contribution in [2.24, 2.45) is 0 Å². The summed E-state index contributed by atoms with van der Waals surface area (Å²) in [7, 11) is 0. The molecule has 1 amide bonds. The molecule has 0 saturated heterocycles. The zero-order valence-corrected chi connectivity index (χ0v) is 45.3. The quantitative estimate of drug-likeness (QED) is 0.0361. The van der Waals surface area contributed by atoms with Crippen LogP contribution in [-0.4, -0.2) is 46.1 Å². The van der Waals surface area contributed by atoms with Gasteiger partial charge in [0.25, 0.3) is 0 Å². The molecule has 0 bridgehead atoms. The van der Waals surface area contributed by atoms with E-state index in [1.807, 2.05) is 6.08 Å². The normalized spacial score (nSPS) is 13.4. The molecule has 5 heteroatoms. The number of nitrogens with one attached hydrogen (secondary N) is 1. The van der Waals surface area contributed by atoms with E-state index in [2.05, 4.69) is 43.5 Å². The van der Waals surface area contributed by atoms with Gasteiger partial charge in [-0.15, -0.1) is 0 Å². The second-order valence-corrected chi connectivity index (χ2v) is 20.9. The minimum absolute atomic E-state index is 0.362. The summed E-state index contributed by atoms with van der Waals surface area (Å²) in [4.78, 5) is 12.6. The molecule has 0 saturated carbocycles. The summed E-state index contributed by atoms with van der Waals surface area (Å²) >= 11 is 0. The molecule has 3 unspecified atom stereocenters. The molecule has 396 valence electrons. The van der Waals surface area contributed by atoms with E-state index in [0.29, 0.717) is 6.42 Å². The predicted octanol–water partition coefficient (Wildman–Crippen LogP) is 19.0. The van der Waals surface area contributed by atoms with Crippen molar-refractivity contribution >= 4 is 5.91 Å². The minimum atomic E-state index is -1.10. The number of aliphatic hydroxyl groups excluding tert-OH is 3. The molecule has 3 atom stereocenters. The average molecular weight is 943 g/mol. The molecule has 0 heterocycles. The summed E-state index contributed by atoms with van der Waals surface area (Å²) in [6.07, 6.45) is 75.2. The van der Waals surface area contributed by atoms with Crippen LogP contribution in [0.5, 0.6) is 0 Å². The van der Waals surface area contributed by atoms with Gasteiger partial charge in [-0.1, -0.05) is 314 Å². The Morgan fingerprint density at radius 1 is 0.373 bits per heavy atom. The summed E-state index contributed by atoms with van der Waals surface area (Å²) in [5.74, 6) is -0.499. The van der Waals surface area contributed by atoms with Crippen molar-refractivity contribution in [3.63, 3.8) is 0 Å². The Bertz CT molecular complexity index is 1040. The molecule has 0 spiro atoms. The Morgan fingerprint density at radius 2 is 0.642 bits per heavy atom. The third-order valence-corrected chi connectivity index (χ3v) is 14.2. The topological polar surface area (TPSA) is 89.8 Å². The highest BCUT2D eigenvalue weighted by atomic mass is 16.3. The standard InChI is InChI=1S/C62H119NO4/c1-3-5-7-9-11-13-15-17-19-21-23-25-27-28-29-30-31-32-33-35-37-39-41-43-45-47-49-51-53-55-57-61(66)62(67)63-59(58-64)60(65)56-54-52-50-48-46-44-42-40-38-36-34-26-24-22-20-18-16-14-12-10-8-6-4-2/h23,25,28-29,54,56,59-61,64-66H,3-22,24,26-27,30-53,55,57-58H2,1-2H3,(H,63,67)/b25-23-,29-28-,56-54+. The summed E-state index contributed by atoms with van der Waals surface area (Å²) in [5, 5.41) is 33.4. The van der Waals surface area contributed by atoms with Crippen molar-refractivity contribution < 1.29 is 20.1 Å². The number of aliphatic hydroxyl groups is 3. The Labute approximate surface area is 419 Å². The van der Waals surface area contributed by atoms with Crippen molar-refractivity contribution in [1.82, 2.24) is 5.32 Å². The largest absolute Gasteiger partial charge is 0.394 e. The van der Waals surface area contributed by atoms with Gasteiger partial charge in [0.2, 0.25) is 5.91 Å². The Hall–Kier alpha value is -1.43. The number of carbonyl (C=O) groups is 1. The molecular formula is C62H119NO4. The van der Waals surface area contributed by atoms with E-state index < -0.39 is 24.2 Å². The number of unbranched alkanes of at least 4 members (excludes halogenated alkanes) is 44. The summed E-state index contributed by atoms with van der Waals surface area (Å²) in [6.45, 7) is 4.22. The van der Waals surface area contributed by atoms with Crippen molar-refractivity contribution in [3.05, 3.63) is 36.5 Å². The van der Waals surface area contributed by atoms with E-state index in [1.165, 1.54) is 270 Å². The molecular weight excluding hydrogens is 823 g/mol. The number of rotatable bonds is 56. The molecule has 0 aromatic rings. The smallest absolute Gasteiger partial charge is 0.249 e. The van der Waals surface area contributed by atoms with Crippen molar-refractivity contribution in [1.29, 1.82) is 0 Å². The van der Waals surface area contributed by atoms with Gasteiger partial charge < -0.3 is 20.6 Å². The molecule has 4 N–H and O–H groups in total. The average Bonchev–Trinajstić information content (AvgIpc) is 3.33. The monoisotopic (exact) mass is 942 g/mol. The Balaban J connectivity index is 3.55. The summed E-state index contributed by atoms with van der Waals surface area (Å²) < 4.78 is 0.